The van der Waals surface area contributed by atoms with Gasteiger partial charge in [0.1, 0.15) is 17.8 Å². The van der Waals surface area contributed by atoms with E-state index in [0.717, 1.165) is 21.2 Å². The lowest BCUT2D eigenvalue weighted by Crippen LogP contribution is -2.42. The smallest absolute Gasteiger partial charge is 0.325 e. The summed E-state index contributed by atoms with van der Waals surface area (Å²) in [6.07, 6.45) is 0. The quantitative estimate of drug-likeness (QED) is 0.460. The van der Waals surface area contributed by atoms with Gasteiger partial charge in [-0.2, -0.15) is 0 Å². The summed E-state index contributed by atoms with van der Waals surface area (Å²) in [4.78, 5) is 38.9. The summed E-state index contributed by atoms with van der Waals surface area (Å²) >= 11 is 0. The SMILES string of the molecule is Cc1ccc(NC(=O)CN2C(=O)N[C@](C)(c3ccc4ccccc4c3)C2=O)c(O)c1. The predicted molar refractivity (Wildman–Crippen MR) is 113 cm³/mol. The van der Waals surface area contributed by atoms with Crippen molar-refractivity contribution < 1.29 is 19.5 Å². The lowest BCUT2D eigenvalue weighted by Gasteiger charge is -2.22. The van der Waals surface area contributed by atoms with Crippen LogP contribution in [0, 0.1) is 6.92 Å². The van der Waals surface area contributed by atoms with E-state index in [1.54, 1.807) is 25.1 Å². The van der Waals surface area contributed by atoms with Crippen LogP contribution < -0.4 is 10.6 Å². The van der Waals surface area contributed by atoms with Crippen molar-refractivity contribution in [2.24, 2.45) is 0 Å². The standard InChI is InChI=1S/C23H21N3O4/c1-14-7-10-18(19(27)11-14)24-20(28)13-26-21(29)23(2,25-22(26)30)17-9-8-15-5-3-4-6-16(15)12-17/h3-12,27H,13H2,1-2H3,(H,24,28)(H,25,30)/t23-/m1/s1. The number of rotatable bonds is 4. The normalized spacial score (nSPS) is 18.5. The maximum absolute atomic E-state index is 13.1. The second kappa shape index (κ2) is 7.18. The fraction of sp³-hybridized carbons (Fsp3) is 0.174. The van der Waals surface area contributed by atoms with Gasteiger partial charge in [0.25, 0.3) is 5.91 Å². The van der Waals surface area contributed by atoms with Crippen LogP contribution in [0.4, 0.5) is 10.5 Å². The largest absolute Gasteiger partial charge is 0.506 e. The van der Waals surface area contributed by atoms with E-state index in [4.69, 9.17) is 0 Å². The zero-order valence-electron chi connectivity index (χ0n) is 16.6. The number of carbonyl (C=O) groups is 3. The number of benzene rings is 3. The molecule has 1 saturated heterocycles. The summed E-state index contributed by atoms with van der Waals surface area (Å²) in [5.41, 5.74) is 0.423. The van der Waals surface area contributed by atoms with E-state index in [1.807, 2.05) is 43.3 Å². The molecule has 0 aromatic heterocycles. The molecule has 1 aliphatic heterocycles. The first-order valence-electron chi connectivity index (χ1n) is 9.51. The molecule has 4 rings (SSSR count). The number of nitrogens with one attached hydrogen (secondary N) is 2. The molecule has 4 amide bonds. The van der Waals surface area contributed by atoms with Crippen LogP contribution in [-0.2, 0) is 15.1 Å². The molecule has 1 fully saturated rings. The summed E-state index contributed by atoms with van der Waals surface area (Å²) in [6, 6.07) is 17.5. The van der Waals surface area contributed by atoms with Gasteiger partial charge in [-0.05, 0) is 53.9 Å². The van der Waals surface area contributed by atoms with Gasteiger partial charge in [0.05, 0.1) is 5.69 Å². The third-order valence-electron chi connectivity index (χ3n) is 5.33. The maximum Gasteiger partial charge on any atom is 0.325 e. The zero-order chi connectivity index (χ0) is 21.5. The van der Waals surface area contributed by atoms with Crippen LogP contribution in [0.2, 0.25) is 0 Å². The minimum atomic E-state index is -1.27. The number of urea groups is 1. The average Bonchev–Trinajstić information content (AvgIpc) is 2.94. The molecule has 30 heavy (non-hydrogen) atoms. The van der Waals surface area contributed by atoms with Crippen molar-refractivity contribution in [3.63, 3.8) is 0 Å². The van der Waals surface area contributed by atoms with E-state index < -0.39 is 29.9 Å². The third-order valence-corrected chi connectivity index (χ3v) is 5.33. The molecular weight excluding hydrogens is 382 g/mol. The van der Waals surface area contributed by atoms with Gasteiger partial charge in [0.2, 0.25) is 5.91 Å². The van der Waals surface area contributed by atoms with Gasteiger partial charge in [0.15, 0.2) is 0 Å². The molecule has 1 atom stereocenters. The average molecular weight is 403 g/mol. The van der Waals surface area contributed by atoms with Crippen molar-refractivity contribution in [3.05, 3.63) is 71.8 Å². The van der Waals surface area contributed by atoms with E-state index in [2.05, 4.69) is 10.6 Å². The van der Waals surface area contributed by atoms with Crippen LogP contribution in [0.1, 0.15) is 18.1 Å². The second-order valence-electron chi connectivity index (χ2n) is 7.58. The number of aromatic hydroxyl groups is 1. The van der Waals surface area contributed by atoms with Crippen molar-refractivity contribution >= 4 is 34.3 Å². The highest BCUT2D eigenvalue weighted by atomic mass is 16.3. The highest BCUT2D eigenvalue weighted by Crippen LogP contribution is 2.31. The summed E-state index contributed by atoms with van der Waals surface area (Å²) in [7, 11) is 0. The van der Waals surface area contributed by atoms with E-state index in [1.165, 1.54) is 6.07 Å². The predicted octanol–water partition coefficient (Wildman–Crippen LogP) is 3.26. The summed E-state index contributed by atoms with van der Waals surface area (Å²) in [5.74, 6) is -1.17. The van der Waals surface area contributed by atoms with Gasteiger partial charge >= 0.3 is 6.03 Å². The maximum atomic E-state index is 13.1. The zero-order valence-corrected chi connectivity index (χ0v) is 16.6. The lowest BCUT2D eigenvalue weighted by molar-refractivity contribution is -0.133. The monoisotopic (exact) mass is 403 g/mol. The topological polar surface area (TPSA) is 98.7 Å². The first-order valence-corrected chi connectivity index (χ1v) is 9.51. The Hall–Kier alpha value is -3.87. The number of fused-ring (bicyclic) bond motifs is 1. The third kappa shape index (κ3) is 3.34. The molecule has 7 nitrogen and oxygen atoms in total. The van der Waals surface area contributed by atoms with E-state index in [9.17, 15) is 19.5 Å². The van der Waals surface area contributed by atoms with Crippen LogP contribution in [0.15, 0.2) is 60.7 Å². The number of hydrogen-bond donors (Lipinski definition) is 3. The lowest BCUT2D eigenvalue weighted by atomic mass is 9.90. The van der Waals surface area contributed by atoms with Crippen LogP contribution >= 0.6 is 0 Å². The van der Waals surface area contributed by atoms with Crippen LogP contribution in [0.25, 0.3) is 10.8 Å². The number of phenolic OH excluding ortho intramolecular Hbond substituents is 1. The Bertz CT molecular complexity index is 1190. The highest BCUT2D eigenvalue weighted by molar-refractivity contribution is 6.10. The van der Waals surface area contributed by atoms with E-state index in [0.29, 0.717) is 5.56 Å². The molecule has 0 radical (unpaired) electrons. The molecule has 0 unspecified atom stereocenters. The van der Waals surface area contributed by atoms with Crippen molar-refractivity contribution in [1.82, 2.24) is 10.2 Å². The number of nitrogens with zero attached hydrogens (tertiary/aromatic N) is 1. The number of amides is 4. The van der Waals surface area contributed by atoms with Crippen LogP contribution in [0.3, 0.4) is 0 Å². The molecule has 1 heterocycles. The van der Waals surface area contributed by atoms with Crippen molar-refractivity contribution in [2.45, 2.75) is 19.4 Å². The Morgan fingerprint density at radius 2 is 1.80 bits per heavy atom. The first-order chi connectivity index (χ1) is 14.3. The minimum absolute atomic E-state index is 0.0819. The number of phenols is 1. The number of anilines is 1. The van der Waals surface area contributed by atoms with Crippen LogP contribution in [-0.4, -0.2) is 34.4 Å². The Morgan fingerprint density at radius 1 is 1.07 bits per heavy atom. The Kier molecular flexibility index (Phi) is 4.66. The van der Waals surface area contributed by atoms with Crippen molar-refractivity contribution in [1.29, 1.82) is 0 Å². The summed E-state index contributed by atoms with van der Waals surface area (Å²) in [5, 5.41) is 17.2. The molecule has 152 valence electrons. The minimum Gasteiger partial charge on any atom is -0.506 e. The number of aryl methyl sites for hydroxylation is 1. The molecule has 3 aromatic rings. The van der Waals surface area contributed by atoms with E-state index in [-0.39, 0.29) is 11.4 Å². The van der Waals surface area contributed by atoms with Gasteiger partial charge in [-0.1, -0.05) is 42.5 Å². The van der Waals surface area contributed by atoms with Gasteiger partial charge in [-0.15, -0.1) is 0 Å². The van der Waals surface area contributed by atoms with E-state index >= 15 is 0 Å². The molecule has 3 aromatic carbocycles. The Balaban J connectivity index is 1.54. The summed E-state index contributed by atoms with van der Waals surface area (Å²) in [6.45, 7) is 2.98. The summed E-state index contributed by atoms with van der Waals surface area (Å²) < 4.78 is 0. The molecule has 0 aliphatic carbocycles. The van der Waals surface area contributed by atoms with Gasteiger partial charge in [-0.25, -0.2) is 4.79 Å². The fourth-order valence-corrected chi connectivity index (χ4v) is 3.62. The molecule has 1 aliphatic rings. The molecule has 7 heteroatoms. The van der Waals surface area contributed by atoms with Gasteiger partial charge in [0, 0.05) is 0 Å². The Morgan fingerprint density at radius 3 is 2.53 bits per heavy atom. The van der Waals surface area contributed by atoms with Crippen LogP contribution in [0.5, 0.6) is 5.75 Å². The molecule has 0 spiro atoms. The van der Waals surface area contributed by atoms with Crippen molar-refractivity contribution in [2.75, 3.05) is 11.9 Å². The van der Waals surface area contributed by atoms with Gasteiger partial charge in [-0.3, -0.25) is 14.5 Å². The molecule has 0 bridgehead atoms. The highest BCUT2D eigenvalue weighted by Gasteiger charge is 2.49. The van der Waals surface area contributed by atoms with Crippen molar-refractivity contribution in [3.8, 4) is 5.75 Å². The Labute approximate surface area is 173 Å². The second-order valence-corrected chi connectivity index (χ2v) is 7.58. The number of hydrogen-bond acceptors (Lipinski definition) is 4. The molecule has 0 saturated carbocycles. The number of imide groups is 1. The molecule has 3 N–H and O–H groups in total. The molecular formula is C23H21N3O4. The first kappa shape index (κ1) is 19.4. The fourth-order valence-electron chi connectivity index (χ4n) is 3.62. The van der Waals surface area contributed by atoms with Gasteiger partial charge < -0.3 is 15.7 Å². The number of carbonyl (C=O) groups excluding carboxylic acids is 3.